The lowest BCUT2D eigenvalue weighted by Gasteiger charge is -2.26. The van der Waals surface area contributed by atoms with E-state index < -0.39 is 11.9 Å². The van der Waals surface area contributed by atoms with E-state index in [4.69, 9.17) is 10.8 Å². The number of carboxylic acid groups (broad SMARTS) is 1. The number of nitrogens with two attached hydrogens (primary N) is 1. The zero-order chi connectivity index (χ0) is 14.0. The summed E-state index contributed by atoms with van der Waals surface area (Å²) in [7, 11) is 0. The van der Waals surface area contributed by atoms with Crippen molar-refractivity contribution in [2.75, 3.05) is 0 Å². The molecule has 2 amide bonds. The number of benzene rings is 1. The van der Waals surface area contributed by atoms with Crippen molar-refractivity contribution in [2.24, 2.45) is 5.73 Å². The molecule has 6 nitrogen and oxygen atoms in total. The van der Waals surface area contributed by atoms with Gasteiger partial charge in [-0.05, 0) is 36.5 Å². The fourth-order valence-electron chi connectivity index (χ4n) is 2.53. The monoisotopic (exact) mass is 262 g/mol. The molecule has 0 saturated heterocycles. The van der Waals surface area contributed by atoms with E-state index in [0.29, 0.717) is 24.8 Å². The molecule has 1 aliphatic rings. The van der Waals surface area contributed by atoms with Gasteiger partial charge in [0.1, 0.15) is 0 Å². The first kappa shape index (κ1) is 13.1. The molecule has 0 radical (unpaired) electrons. The summed E-state index contributed by atoms with van der Waals surface area (Å²) >= 11 is 0. The third-order valence-electron chi connectivity index (χ3n) is 3.40. The van der Waals surface area contributed by atoms with Gasteiger partial charge in [0.15, 0.2) is 0 Å². The summed E-state index contributed by atoms with van der Waals surface area (Å²) in [5.41, 5.74) is 6.83. The fraction of sp³-hybridized carbons (Fsp3) is 0.308. The van der Waals surface area contributed by atoms with E-state index in [-0.39, 0.29) is 17.2 Å². The van der Waals surface area contributed by atoms with Crippen LogP contribution in [0.4, 0.5) is 0 Å². The summed E-state index contributed by atoms with van der Waals surface area (Å²) in [6.45, 7) is 0. The second kappa shape index (κ2) is 5.09. The molecular formula is C13H14N2O4. The van der Waals surface area contributed by atoms with Gasteiger partial charge in [0.2, 0.25) is 12.3 Å². The van der Waals surface area contributed by atoms with Crippen LogP contribution in [0.1, 0.15) is 38.3 Å². The average molecular weight is 262 g/mol. The van der Waals surface area contributed by atoms with Crippen LogP contribution in [0.25, 0.3) is 0 Å². The van der Waals surface area contributed by atoms with Crippen LogP contribution in [0.15, 0.2) is 12.1 Å². The summed E-state index contributed by atoms with van der Waals surface area (Å²) in [5.74, 6) is -1.93. The molecule has 0 spiro atoms. The van der Waals surface area contributed by atoms with E-state index >= 15 is 0 Å². The van der Waals surface area contributed by atoms with Gasteiger partial charge in [-0.1, -0.05) is 6.07 Å². The number of rotatable bonds is 4. The smallest absolute Gasteiger partial charge is 0.336 e. The van der Waals surface area contributed by atoms with Gasteiger partial charge in [-0.25, -0.2) is 4.79 Å². The Morgan fingerprint density at radius 1 is 1.42 bits per heavy atom. The fourth-order valence-corrected chi connectivity index (χ4v) is 2.53. The molecule has 2 rings (SSSR count). The van der Waals surface area contributed by atoms with Crippen molar-refractivity contribution in [3.05, 3.63) is 34.4 Å². The van der Waals surface area contributed by atoms with Gasteiger partial charge in [0, 0.05) is 6.04 Å². The SMILES string of the molecule is NC(=O)c1c(C(=O)O)ccc2c1CC(NC=O)CC2. The minimum absolute atomic E-state index is 0.0578. The van der Waals surface area contributed by atoms with Crippen LogP contribution in [-0.4, -0.2) is 29.4 Å². The molecule has 0 heterocycles. The number of primary amides is 1. The Morgan fingerprint density at radius 3 is 2.74 bits per heavy atom. The molecule has 0 aliphatic heterocycles. The quantitative estimate of drug-likeness (QED) is 0.668. The Bertz CT molecular complexity index is 554. The Morgan fingerprint density at radius 2 is 2.16 bits per heavy atom. The third kappa shape index (κ3) is 2.42. The summed E-state index contributed by atoms with van der Waals surface area (Å²) in [6, 6.07) is 3.03. The first-order valence-corrected chi connectivity index (χ1v) is 5.92. The number of hydrogen-bond donors (Lipinski definition) is 3. The van der Waals surface area contributed by atoms with Gasteiger partial charge in [-0.2, -0.15) is 0 Å². The minimum Gasteiger partial charge on any atom is -0.478 e. The Kier molecular flexibility index (Phi) is 3.50. The van der Waals surface area contributed by atoms with Crippen molar-refractivity contribution in [3.8, 4) is 0 Å². The summed E-state index contributed by atoms with van der Waals surface area (Å²) in [6.07, 6.45) is 2.48. The molecule has 1 aliphatic carbocycles. The van der Waals surface area contributed by atoms with Gasteiger partial charge in [0.05, 0.1) is 11.1 Å². The number of carbonyl (C=O) groups excluding carboxylic acids is 2. The number of fused-ring (bicyclic) bond motifs is 1. The Hall–Kier alpha value is -2.37. The molecule has 1 aromatic rings. The van der Waals surface area contributed by atoms with Gasteiger partial charge in [0.25, 0.3) is 0 Å². The number of amides is 2. The molecule has 1 aromatic carbocycles. The standard InChI is InChI=1S/C13H14N2O4/c14-12(17)11-9(13(18)19)4-2-7-1-3-8(15-6-16)5-10(7)11/h2,4,6,8H,1,3,5H2,(H2,14,17)(H,15,16)(H,18,19). The molecule has 0 fully saturated rings. The van der Waals surface area contributed by atoms with E-state index in [1.807, 2.05) is 0 Å². The van der Waals surface area contributed by atoms with Crippen LogP contribution in [0.5, 0.6) is 0 Å². The lowest BCUT2D eigenvalue weighted by Crippen LogP contribution is -2.35. The highest BCUT2D eigenvalue weighted by molar-refractivity contribution is 6.05. The van der Waals surface area contributed by atoms with Crippen LogP contribution < -0.4 is 11.1 Å². The van der Waals surface area contributed by atoms with Gasteiger partial charge in [-0.3, -0.25) is 9.59 Å². The van der Waals surface area contributed by atoms with Crippen LogP contribution in [0, 0.1) is 0 Å². The zero-order valence-corrected chi connectivity index (χ0v) is 10.2. The average Bonchev–Trinajstić information content (AvgIpc) is 2.37. The van der Waals surface area contributed by atoms with Crippen molar-refractivity contribution in [1.82, 2.24) is 5.32 Å². The highest BCUT2D eigenvalue weighted by Crippen LogP contribution is 2.27. The molecule has 1 atom stereocenters. The van der Waals surface area contributed by atoms with Crippen molar-refractivity contribution < 1.29 is 19.5 Å². The highest BCUT2D eigenvalue weighted by atomic mass is 16.4. The number of nitrogens with one attached hydrogen (secondary N) is 1. The van der Waals surface area contributed by atoms with Crippen molar-refractivity contribution in [2.45, 2.75) is 25.3 Å². The first-order valence-electron chi connectivity index (χ1n) is 5.92. The van der Waals surface area contributed by atoms with Crippen LogP contribution >= 0.6 is 0 Å². The second-order valence-corrected chi connectivity index (χ2v) is 4.52. The van der Waals surface area contributed by atoms with Crippen LogP contribution in [-0.2, 0) is 17.6 Å². The molecule has 6 heteroatoms. The maximum Gasteiger partial charge on any atom is 0.336 e. The van der Waals surface area contributed by atoms with Gasteiger partial charge < -0.3 is 16.2 Å². The maximum atomic E-state index is 11.5. The van der Waals surface area contributed by atoms with E-state index in [0.717, 1.165) is 12.0 Å². The highest BCUT2D eigenvalue weighted by Gasteiger charge is 2.26. The minimum atomic E-state index is -1.18. The number of aromatic carboxylic acids is 1. The van der Waals surface area contributed by atoms with E-state index in [1.54, 1.807) is 6.07 Å². The van der Waals surface area contributed by atoms with E-state index in [9.17, 15) is 14.4 Å². The van der Waals surface area contributed by atoms with Crippen molar-refractivity contribution >= 4 is 18.3 Å². The summed E-state index contributed by atoms with van der Waals surface area (Å²) in [4.78, 5) is 33.2. The lowest BCUT2D eigenvalue weighted by molar-refractivity contribution is -0.110. The molecule has 4 N–H and O–H groups in total. The Balaban J connectivity index is 2.52. The lowest BCUT2D eigenvalue weighted by atomic mass is 9.83. The van der Waals surface area contributed by atoms with E-state index in [1.165, 1.54) is 6.07 Å². The number of aryl methyl sites for hydroxylation is 1. The molecule has 0 aromatic heterocycles. The summed E-state index contributed by atoms with van der Waals surface area (Å²) in [5, 5.41) is 11.8. The molecule has 0 bridgehead atoms. The van der Waals surface area contributed by atoms with Gasteiger partial charge >= 0.3 is 5.97 Å². The topological polar surface area (TPSA) is 109 Å². The van der Waals surface area contributed by atoms with Gasteiger partial charge in [-0.15, -0.1) is 0 Å². The predicted molar refractivity (Wildman–Crippen MR) is 66.9 cm³/mol. The second-order valence-electron chi connectivity index (χ2n) is 4.52. The van der Waals surface area contributed by atoms with Crippen LogP contribution in [0.2, 0.25) is 0 Å². The number of carbonyl (C=O) groups is 3. The first-order chi connectivity index (χ1) is 9.04. The third-order valence-corrected chi connectivity index (χ3v) is 3.40. The largest absolute Gasteiger partial charge is 0.478 e. The van der Waals surface area contributed by atoms with Crippen molar-refractivity contribution in [3.63, 3.8) is 0 Å². The maximum absolute atomic E-state index is 11.5. The van der Waals surface area contributed by atoms with Crippen molar-refractivity contribution in [1.29, 1.82) is 0 Å². The molecule has 100 valence electrons. The molecule has 0 saturated carbocycles. The predicted octanol–water partition coefficient (Wildman–Crippen LogP) is 0.0870. The van der Waals surface area contributed by atoms with E-state index in [2.05, 4.69) is 5.32 Å². The number of carboxylic acids is 1. The Labute approximate surface area is 109 Å². The zero-order valence-electron chi connectivity index (χ0n) is 10.2. The normalized spacial score (nSPS) is 17.4. The molecule has 19 heavy (non-hydrogen) atoms. The molecule has 1 unspecified atom stereocenters. The summed E-state index contributed by atoms with van der Waals surface area (Å²) < 4.78 is 0. The number of hydrogen-bond acceptors (Lipinski definition) is 3. The van der Waals surface area contributed by atoms with Crippen LogP contribution in [0.3, 0.4) is 0 Å². The molecular weight excluding hydrogens is 248 g/mol.